The third kappa shape index (κ3) is 1.89. The summed E-state index contributed by atoms with van der Waals surface area (Å²) >= 11 is 0. The van der Waals surface area contributed by atoms with Crippen LogP contribution in [0.4, 0.5) is 5.69 Å². The van der Waals surface area contributed by atoms with Crippen molar-refractivity contribution in [3.8, 4) is 0 Å². The Morgan fingerprint density at radius 1 is 1.38 bits per heavy atom. The second kappa shape index (κ2) is 3.60. The summed E-state index contributed by atoms with van der Waals surface area (Å²) in [5, 5.41) is 3.51. The SMILES string of the molecule is Cc1cnccc1NC1CC=CC1. The van der Waals surface area contributed by atoms with Crippen LogP contribution in [-0.4, -0.2) is 11.0 Å². The summed E-state index contributed by atoms with van der Waals surface area (Å²) in [7, 11) is 0. The molecule has 1 aliphatic rings. The van der Waals surface area contributed by atoms with E-state index in [-0.39, 0.29) is 0 Å². The Labute approximate surface area is 78.7 Å². The molecule has 0 saturated carbocycles. The van der Waals surface area contributed by atoms with E-state index in [1.54, 1.807) is 0 Å². The van der Waals surface area contributed by atoms with Crippen molar-refractivity contribution < 1.29 is 0 Å². The number of anilines is 1. The summed E-state index contributed by atoms with van der Waals surface area (Å²) in [4.78, 5) is 4.06. The fraction of sp³-hybridized carbons (Fsp3) is 0.364. The molecule has 0 radical (unpaired) electrons. The number of nitrogens with one attached hydrogen (secondary N) is 1. The Kier molecular flexibility index (Phi) is 2.30. The van der Waals surface area contributed by atoms with Crippen molar-refractivity contribution in [3.05, 3.63) is 36.2 Å². The molecular formula is C11H14N2. The highest BCUT2D eigenvalue weighted by atomic mass is 14.9. The lowest BCUT2D eigenvalue weighted by molar-refractivity contribution is 0.785. The first-order chi connectivity index (χ1) is 6.36. The number of pyridine rings is 1. The molecule has 0 saturated heterocycles. The maximum absolute atomic E-state index is 4.06. The van der Waals surface area contributed by atoms with E-state index in [2.05, 4.69) is 29.4 Å². The lowest BCUT2D eigenvalue weighted by Gasteiger charge is -2.14. The van der Waals surface area contributed by atoms with Crippen LogP contribution in [0, 0.1) is 6.92 Å². The monoisotopic (exact) mass is 174 g/mol. The topological polar surface area (TPSA) is 24.9 Å². The van der Waals surface area contributed by atoms with Gasteiger partial charge in [-0.25, -0.2) is 0 Å². The van der Waals surface area contributed by atoms with E-state index in [0.29, 0.717) is 6.04 Å². The molecule has 0 bridgehead atoms. The molecule has 2 nitrogen and oxygen atoms in total. The van der Waals surface area contributed by atoms with Gasteiger partial charge in [0.25, 0.3) is 0 Å². The van der Waals surface area contributed by atoms with Crippen molar-refractivity contribution >= 4 is 5.69 Å². The molecule has 0 atom stereocenters. The Hall–Kier alpha value is -1.31. The number of aryl methyl sites for hydroxylation is 1. The normalized spacial score (nSPS) is 16.4. The molecule has 1 aromatic heterocycles. The molecule has 1 N–H and O–H groups in total. The van der Waals surface area contributed by atoms with Gasteiger partial charge in [0, 0.05) is 24.1 Å². The molecule has 1 heterocycles. The standard InChI is InChI=1S/C11H14N2/c1-9-8-12-7-6-11(9)13-10-4-2-3-5-10/h2-3,6-8,10H,4-5H2,1H3,(H,12,13). The molecule has 0 amide bonds. The van der Waals surface area contributed by atoms with Crippen molar-refractivity contribution in [1.29, 1.82) is 0 Å². The molecule has 0 aliphatic heterocycles. The lowest BCUT2D eigenvalue weighted by Crippen LogP contribution is -2.15. The molecule has 0 unspecified atom stereocenters. The highest BCUT2D eigenvalue weighted by molar-refractivity contribution is 5.49. The van der Waals surface area contributed by atoms with Gasteiger partial charge in [0.1, 0.15) is 0 Å². The molecular weight excluding hydrogens is 160 g/mol. The summed E-state index contributed by atoms with van der Waals surface area (Å²) in [6.07, 6.45) is 10.5. The van der Waals surface area contributed by atoms with Crippen molar-refractivity contribution in [3.63, 3.8) is 0 Å². The average molecular weight is 174 g/mol. The second-order valence-electron chi connectivity index (χ2n) is 3.47. The van der Waals surface area contributed by atoms with Gasteiger partial charge in [-0.1, -0.05) is 12.2 Å². The fourth-order valence-corrected chi connectivity index (χ4v) is 1.59. The number of hydrogen-bond acceptors (Lipinski definition) is 2. The zero-order chi connectivity index (χ0) is 9.10. The van der Waals surface area contributed by atoms with Gasteiger partial charge in [0.2, 0.25) is 0 Å². The number of rotatable bonds is 2. The number of nitrogens with zero attached hydrogens (tertiary/aromatic N) is 1. The van der Waals surface area contributed by atoms with Crippen LogP contribution in [0.3, 0.4) is 0 Å². The minimum atomic E-state index is 0.584. The van der Waals surface area contributed by atoms with Crippen LogP contribution in [0.15, 0.2) is 30.6 Å². The lowest BCUT2D eigenvalue weighted by atomic mass is 10.2. The summed E-state index contributed by atoms with van der Waals surface area (Å²) in [5.41, 5.74) is 2.43. The summed E-state index contributed by atoms with van der Waals surface area (Å²) < 4.78 is 0. The van der Waals surface area contributed by atoms with Crippen molar-refractivity contribution in [2.75, 3.05) is 5.32 Å². The molecule has 0 spiro atoms. The summed E-state index contributed by atoms with van der Waals surface area (Å²) in [6.45, 7) is 2.08. The largest absolute Gasteiger partial charge is 0.381 e. The van der Waals surface area contributed by atoms with Crippen LogP contribution in [-0.2, 0) is 0 Å². The maximum atomic E-state index is 4.06. The second-order valence-corrected chi connectivity index (χ2v) is 3.47. The van der Waals surface area contributed by atoms with Crippen LogP contribution in [0.25, 0.3) is 0 Å². The van der Waals surface area contributed by atoms with E-state index in [4.69, 9.17) is 0 Å². The van der Waals surface area contributed by atoms with Gasteiger partial charge in [-0.3, -0.25) is 4.98 Å². The van der Waals surface area contributed by atoms with E-state index in [1.807, 2.05) is 18.5 Å². The summed E-state index contributed by atoms with van der Waals surface area (Å²) in [5.74, 6) is 0. The Bertz CT molecular complexity index is 310. The van der Waals surface area contributed by atoms with Gasteiger partial charge in [0.05, 0.1) is 0 Å². The van der Waals surface area contributed by atoms with E-state index < -0.39 is 0 Å². The molecule has 1 aliphatic carbocycles. The smallest absolute Gasteiger partial charge is 0.0403 e. The van der Waals surface area contributed by atoms with Crippen LogP contribution in [0.1, 0.15) is 18.4 Å². The molecule has 0 aromatic carbocycles. The molecule has 2 rings (SSSR count). The fourth-order valence-electron chi connectivity index (χ4n) is 1.59. The molecule has 13 heavy (non-hydrogen) atoms. The van der Waals surface area contributed by atoms with E-state index in [1.165, 1.54) is 11.3 Å². The highest BCUT2D eigenvalue weighted by Crippen LogP contribution is 2.18. The first kappa shape index (κ1) is 8.30. The first-order valence-corrected chi connectivity index (χ1v) is 4.68. The molecule has 68 valence electrons. The van der Waals surface area contributed by atoms with Gasteiger partial charge < -0.3 is 5.32 Å². The third-order valence-corrected chi connectivity index (χ3v) is 2.39. The molecule has 1 aromatic rings. The predicted octanol–water partition coefficient (Wildman–Crippen LogP) is 2.52. The van der Waals surface area contributed by atoms with Crippen LogP contribution >= 0.6 is 0 Å². The Morgan fingerprint density at radius 2 is 2.15 bits per heavy atom. The van der Waals surface area contributed by atoms with Crippen molar-refractivity contribution in [2.45, 2.75) is 25.8 Å². The number of hydrogen-bond donors (Lipinski definition) is 1. The van der Waals surface area contributed by atoms with Gasteiger partial charge in [0.15, 0.2) is 0 Å². The zero-order valence-corrected chi connectivity index (χ0v) is 7.83. The van der Waals surface area contributed by atoms with Gasteiger partial charge >= 0.3 is 0 Å². The van der Waals surface area contributed by atoms with Gasteiger partial charge in [-0.05, 0) is 31.4 Å². The van der Waals surface area contributed by atoms with E-state index in [9.17, 15) is 0 Å². The quantitative estimate of drug-likeness (QED) is 0.697. The highest BCUT2D eigenvalue weighted by Gasteiger charge is 2.09. The predicted molar refractivity (Wildman–Crippen MR) is 54.8 cm³/mol. The first-order valence-electron chi connectivity index (χ1n) is 4.68. The zero-order valence-electron chi connectivity index (χ0n) is 7.83. The van der Waals surface area contributed by atoms with Crippen LogP contribution in [0.5, 0.6) is 0 Å². The molecule has 0 fully saturated rings. The Balaban J connectivity index is 2.05. The minimum Gasteiger partial charge on any atom is -0.381 e. The average Bonchev–Trinajstić information content (AvgIpc) is 2.61. The van der Waals surface area contributed by atoms with Gasteiger partial charge in [-0.15, -0.1) is 0 Å². The van der Waals surface area contributed by atoms with Crippen LogP contribution < -0.4 is 5.32 Å². The number of aromatic nitrogens is 1. The van der Waals surface area contributed by atoms with Crippen molar-refractivity contribution in [2.24, 2.45) is 0 Å². The van der Waals surface area contributed by atoms with Gasteiger partial charge in [-0.2, -0.15) is 0 Å². The van der Waals surface area contributed by atoms with E-state index >= 15 is 0 Å². The minimum absolute atomic E-state index is 0.584. The van der Waals surface area contributed by atoms with Crippen LogP contribution in [0.2, 0.25) is 0 Å². The van der Waals surface area contributed by atoms with Crippen molar-refractivity contribution in [1.82, 2.24) is 4.98 Å². The molecule has 2 heteroatoms. The Morgan fingerprint density at radius 3 is 2.85 bits per heavy atom. The summed E-state index contributed by atoms with van der Waals surface area (Å²) in [6, 6.07) is 2.62. The third-order valence-electron chi connectivity index (χ3n) is 2.39. The maximum Gasteiger partial charge on any atom is 0.0403 e. The van der Waals surface area contributed by atoms with E-state index in [0.717, 1.165) is 12.8 Å².